The van der Waals surface area contributed by atoms with Gasteiger partial charge in [-0.3, -0.25) is 9.79 Å². The van der Waals surface area contributed by atoms with E-state index < -0.39 is 5.41 Å². The molecule has 1 rings (SSSR count). The molecule has 1 aliphatic rings. The number of hydrogen-bond acceptors (Lipinski definition) is 3. The zero-order valence-electron chi connectivity index (χ0n) is 15.8. The maximum absolute atomic E-state index is 11.8. The summed E-state index contributed by atoms with van der Waals surface area (Å²) in [5, 5.41) is 9.41. The molecule has 0 aromatic rings. The number of methoxy groups -OCH3 is 1. The van der Waals surface area contributed by atoms with Crippen LogP contribution < -0.4 is 16.0 Å². The number of hydrogen-bond donors (Lipinski definition) is 3. The average Bonchev–Trinajstić information content (AvgIpc) is 3.01. The van der Waals surface area contributed by atoms with E-state index in [-0.39, 0.29) is 29.9 Å². The number of rotatable bonds is 8. The first-order chi connectivity index (χ1) is 10.9. The molecule has 3 N–H and O–H groups in total. The van der Waals surface area contributed by atoms with Crippen LogP contribution in [0.5, 0.6) is 0 Å². The van der Waals surface area contributed by atoms with Gasteiger partial charge in [0.1, 0.15) is 0 Å². The fourth-order valence-corrected chi connectivity index (χ4v) is 3.17. The molecule has 0 atom stereocenters. The highest BCUT2D eigenvalue weighted by Crippen LogP contribution is 2.40. The molecule has 24 heavy (non-hydrogen) atoms. The maximum atomic E-state index is 11.8. The second-order valence-corrected chi connectivity index (χ2v) is 7.19. The van der Waals surface area contributed by atoms with Gasteiger partial charge in [0, 0.05) is 40.9 Å². The maximum Gasteiger partial charge on any atom is 0.227 e. The monoisotopic (exact) mass is 454 g/mol. The van der Waals surface area contributed by atoms with E-state index in [1.807, 2.05) is 13.8 Å². The van der Waals surface area contributed by atoms with E-state index in [2.05, 4.69) is 20.9 Å². The van der Waals surface area contributed by atoms with E-state index in [0.29, 0.717) is 12.0 Å². The largest absolute Gasteiger partial charge is 0.385 e. The second-order valence-electron chi connectivity index (χ2n) is 7.19. The lowest BCUT2D eigenvalue weighted by Gasteiger charge is -2.30. The Morgan fingerprint density at radius 2 is 1.88 bits per heavy atom. The lowest BCUT2D eigenvalue weighted by atomic mass is 9.83. The zero-order chi connectivity index (χ0) is 17.3. The molecule has 1 fully saturated rings. The van der Waals surface area contributed by atoms with Crippen LogP contribution in [0.25, 0.3) is 0 Å². The first kappa shape index (κ1) is 23.4. The molecule has 0 spiro atoms. The summed E-state index contributed by atoms with van der Waals surface area (Å²) in [6.07, 6.45) is 6.15. The average molecular weight is 454 g/mol. The fourth-order valence-electron chi connectivity index (χ4n) is 3.17. The summed E-state index contributed by atoms with van der Waals surface area (Å²) < 4.78 is 5.27. The molecule has 0 saturated heterocycles. The van der Waals surface area contributed by atoms with Gasteiger partial charge in [-0.25, -0.2) is 0 Å². The van der Waals surface area contributed by atoms with E-state index in [4.69, 9.17) is 4.74 Å². The van der Waals surface area contributed by atoms with Crippen molar-refractivity contribution in [2.24, 2.45) is 15.8 Å². The number of nitrogens with one attached hydrogen (secondary N) is 3. The lowest BCUT2D eigenvalue weighted by molar-refractivity contribution is -0.128. The standard InChI is InChI=1S/C17H34N4O2.HI/c1-16(2,14(22)18-3)12-20-15(19-4)21-13-17(10-11-23-5)8-6-7-9-17;/h6-13H2,1-5H3,(H,18,22)(H2,19,20,21);1H. The molecule has 1 amide bonds. The van der Waals surface area contributed by atoms with Gasteiger partial charge < -0.3 is 20.7 Å². The highest BCUT2D eigenvalue weighted by atomic mass is 127. The van der Waals surface area contributed by atoms with Crippen LogP contribution in [-0.2, 0) is 9.53 Å². The van der Waals surface area contributed by atoms with Gasteiger partial charge in [-0.1, -0.05) is 12.8 Å². The summed E-state index contributed by atoms with van der Waals surface area (Å²) in [4.78, 5) is 16.1. The Labute approximate surface area is 164 Å². The third-order valence-corrected chi connectivity index (χ3v) is 4.89. The zero-order valence-corrected chi connectivity index (χ0v) is 18.2. The van der Waals surface area contributed by atoms with Crippen molar-refractivity contribution in [3.8, 4) is 0 Å². The number of halogens is 1. The molecule has 0 bridgehead atoms. The molecule has 142 valence electrons. The van der Waals surface area contributed by atoms with Crippen LogP contribution in [0.15, 0.2) is 4.99 Å². The topological polar surface area (TPSA) is 74.8 Å². The summed E-state index contributed by atoms with van der Waals surface area (Å²) in [6, 6.07) is 0. The Bertz CT molecular complexity index is 407. The number of carbonyl (C=O) groups excluding carboxylic acids is 1. The quantitative estimate of drug-likeness (QED) is 0.299. The Morgan fingerprint density at radius 1 is 1.25 bits per heavy atom. The van der Waals surface area contributed by atoms with Crippen molar-refractivity contribution in [3.63, 3.8) is 0 Å². The molecule has 0 unspecified atom stereocenters. The second kappa shape index (κ2) is 11.1. The number of ether oxygens (including phenoxy) is 1. The third-order valence-electron chi connectivity index (χ3n) is 4.89. The molecule has 0 heterocycles. The summed E-state index contributed by atoms with van der Waals surface area (Å²) in [6.45, 7) is 6.08. The van der Waals surface area contributed by atoms with E-state index in [0.717, 1.165) is 25.5 Å². The van der Waals surface area contributed by atoms with Gasteiger partial charge in [0.2, 0.25) is 5.91 Å². The van der Waals surface area contributed by atoms with Gasteiger partial charge in [0.05, 0.1) is 5.41 Å². The predicted octanol–water partition coefficient (Wildman–Crippen LogP) is 2.14. The molecular weight excluding hydrogens is 419 g/mol. The minimum absolute atomic E-state index is 0. The van der Waals surface area contributed by atoms with Crippen molar-refractivity contribution < 1.29 is 9.53 Å². The predicted molar refractivity (Wildman–Crippen MR) is 110 cm³/mol. The number of guanidine groups is 1. The van der Waals surface area contributed by atoms with Crippen LogP contribution in [0.1, 0.15) is 46.0 Å². The minimum Gasteiger partial charge on any atom is -0.385 e. The van der Waals surface area contributed by atoms with Crippen LogP contribution in [-0.4, -0.2) is 52.8 Å². The van der Waals surface area contributed by atoms with Gasteiger partial charge in [-0.2, -0.15) is 0 Å². The van der Waals surface area contributed by atoms with Crippen LogP contribution >= 0.6 is 24.0 Å². The van der Waals surface area contributed by atoms with E-state index in [1.165, 1.54) is 25.7 Å². The Morgan fingerprint density at radius 3 is 2.38 bits per heavy atom. The minimum atomic E-state index is -0.479. The van der Waals surface area contributed by atoms with Crippen molar-refractivity contribution in [1.29, 1.82) is 0 Å². The highest BCUT2D eigenvalue weighted by molar-refractivity contribution is 14.0. The summed E-state index contributed by atoms with van der Waals surface area (Å²) in [5.74, 6) is 0.776. The summed E-state index contributed by atoms with van der Waals surface area (Å²) in [5.41, 5.74) is -0.169. The molecule has 0 aromatic carbocycles. The number of amides is 1. The fraction of sp³-hybridized carbons (Fsp3) is 0.882. The Balaban J connectivity index is 0.00000529. The van der Waals surface area contributed by atoms with Crippen molar-refractivity contribution in [2.75, 3.05) is 40.9 Å². The smallest absolute Gasteiger partial charge is 0.227 e. The molecule has 6 nitrogen and oxygen atoms in total. The molecule has 0 aliphatic heterocycles. The lowest BCUT2D eigenvalue weighted by Crippen LogP contribution is -2.49. The molecule has 0 aromatic heterocycles. The van der Waals surface area contributed by atoms with Crippen molar-refractivity contribution in [2.45, 2.75) is 46.0 Å². The van der Waals surface area contributed by atoms with Gasteiger partial charge in [0.15, 0.2) is 5.96 Å². The van der Waals surface area contributed by atoms with E-state index in [1.54, 1.807) is 21.2 Å². The van der Waals surface area contributed by atoms with Crippen LogP contribution in [0.3, 0.4) is 0 Å². The van der Waals surface area contributed by atoms with Crippen LogP contribution in [0.4, 0.5) is 0 Å². The van der Waals surface area contributed by atoms with E-state index >= 15 is 0 Å². The molecular formula is C17H35IN4O2. The number of nitrogens with zero attached hydrogens (tertiary/aromatic N) is 1. The van der Waals surface area contributed by atoms with Crippen LogP contribution in [0.2, 0.25) is 0 Å². The van der Waals surface area contributed by atoms with Gasteiger partial charge in [-0.05, 0) is 38.5 Å². The first-order valence-corrected chi connectivity index (χ1v) is 8.55. The highest BCUT2D eigenvalue weighted by Gasteiger charge is 2.33. The molecule has 1 aliphatic carbocycles. The number of aliphatic imine (C=N–C) groups is 1. The normalized spacial score (nSPS) is 17.1. The van der Waals surface area contributed by atoms with Crippen molar-refractivity contribution in [3.05, 3.63) is 0 Å². The summed E-state index contributed by atoms with van der Waals surface area (Å²) >= 11 is 0. The summed E-state index contributed by atoms with van der Waals surface area (Å²) in [7, 11) is 5.19. The molecule has 1 saturated carbocycles. The molecule has 7 heteroatoms. The van der Waals surface area contributed by atoms with Crippen molar-refractivity contribution in [1.82, 2.24) is 16.0 Å². The van der Waals surface area contributed by atoms with Gasteiger partial charge in [0.25, 0.3) is 0 Å². The SMILES string of the molecule is CN=C(NCC1(CCOC)CCCC1)NCC(C)(C)C(=O)NC.I. The van der Waals surface area contributed by atoms with Crippen molar-refractivity contribution >= 4 is 35.8 Å². The molecule has 0 radical (unpaired) electrons. The first-order valence-electron chi connectivity index (χ1n) is 8.55. The number of carbonyl (C=O) groups is 1. The van der Waals surface area contributed by atoms with Gasteiger partial charge in [-0.15, -0.1) is 24.0 Å². The van der Waals surface area contributed by atoms with E-state index in [9.17, 15) is 4.79 Å². The third kappa shape index (κ3) is 7.13. The van der Waals surface area contributed by atoms with Crippen LogP contribution in [0, 0.1) is 10.8 Å². The van der Waals surface area contributed by atoms with Gasteiger partial charge >= 0.3 is 0 Å². The Kier molecular flexibility index (Phi) is 10.9. The Hall–Kier alpha value is -0.570.